The molecule has 0 radical (unpaired) electrons. The lowest BCUT2D eigenvalue weighted by Crippen LogP contribution is -2.37. The lowest BCUT2D eigenvalue weighted by atomic mass is 10.1. The quantitative estimate of drug-likeness (QED) is 0.928. The van der Waals surface area contributed by atoms with Crippen LogP contribution in [0.1, 0.15) is 27.9 Å². The van der Waals surface area contributed by atoms with Crippen LogP contribution in [0.15, 0.2) is 42.5 Å². The molecule has 1 heterocycles. The van der Waals surface area contributed by atoms with Crippen LogP contribution < -0.4 is 10.2 Å². The van der Waals surface area contributed by atoms with Crippen molar-refractivity contribution in [1.29, 1.82) is 0 Å². The van der Waals surface area contributed by atoms with Gasteiger partial charge in [-0.1, -0.05) is 17.7 Å². The zero-order chi connectivity index (χ0) is 17.3. The van der Waals surface area contributed by atoms with Gasteiger partial charge in [0.1, 0.15) is 0 Å². The largest absolute Gasteiger partial charge is 0.347 e. The standard InChI is InChI=1S/C19H19ClN2O2/c1-12-3-4-14(9-13(12)2)19(24)21-16-10-18(23)22(11-16)17-7-5-15(20)6-8-17/h3-9,16H,10-11H2,1-2H3,(H,21,24). The maximum atomic E-state index is 12.4. The molecule has 1 saturated heterocycles. The highest BCUT2D eigenvalue weighted by Crippen LogP contribution is 2.23. The highest BCUT2D eigenvalue weighted by Gasteiger charge is 2.31. The van der Waals surface area contributed by atoms with E-state index >= 15 is 0 Å². The highest BCUT2D eigenvalue weighted by atomic mass is 35.5. The minimum Gasteiger partial charge on any atom is -0.347 e. The van der Waals surface area contributed by atoms with E-state index in [-0.39, 0.29) is 17.9 Å². The van der Waals surface area contributed by atoms with Crippen LogP contribution in [-0.4, -0.2) is 24.4 Å². The molecule has 1 aliphatic rings. The van der Waals surface area contributed by atoms with E-state index in [2.05, 4.69) is 5.32 Å². The van der Waals surface area contributed by atoms with Crippen LogP contribution in [0.2, 0.25) is 5.02 Å². The van der Waals surface area contributed by atoms with Gasteiger partial charge in [-0.2, -0.15) is 0 Å². The maximum Gasteiger partial charge on any atom is 0.251 e. The van der Waals surface area contributed by atoms with Crippen molar-refractivity contribution in [2.45, 2.75) is 26.3 Å². The molecule has 4 nitrogen and oxygen atoms in total. The normalized spacial score (nSPS) is 17.2. The number of carbonyl (C=O) groups is 2. The number of nitrogens with zero attached hydrogens (tertiary/aromatic N) is 1. The Morgan fingerprint density at radius 1 is 1.12 bits per heavy atom. The van der Waals surface area contributed by atoms with Crippen LogP contribution in [0.25, 0.3) is 0 Å². The van der Waals surface area contributed by atoms with Gasteiger partial charge in [0.2, 0.25) is 5.91 Å². The SMILES string of the molecule is Cc1ccc(C(=O)NC2CC(=O)N(c3ccc(Cl)cc3)C2)cc1C. The van der Waals surface area contributed by atoms with Gasteiger partial charge in [-0.25, -0.2) is 0 Å². The molecule has 124 valence electrons. The number of amides is 2. The smallest absolute Gasteiger partial charge is 0.251 e. The van der Waals surface area contributed by atoms with Gasteiger partial charge in [0.15, 0.2) is 0 Å². The summed E-state index contributed by atoms with van der Waals surface area (Å²) in [5, 5.41) is 3.59. The van der Waals surface area contributed by atoms with E-state index in [0.717, 1.165) is 16.8 Å². The highest BCUT2D eigenvalue weighted by molar-refractivity contribution is 6.30. The third-order valence-corrected chi connectivity index (χ3v) is 4.62. The lowest BCUT2D eigenvalue weighted by molar-refractivity contribution is -0.117. The molecule has 2 amide bonds. The van der Waals surface area contributed by atoms with Gasteiger partial charge in [0, 0.05) is 29.2 Å². The summed E-state index contributed by atoms with van der Waals surface area (Å²) < 4.78 is 0. The first-order valence-corrected chi connectivity index (χ1v) is 8.26. The molecule has 0 spiro atoms. The van der Waals surface area contributed by atoms with Crippen LogP contribution in [0.4, 0.5) is 5.69 Å². The number of halogens is 1. The Morgan fingerprint density at radius 3 is 2.50 bits per heavy atom. The predicted molar refractivity (Wildman–Crippen MR) is 95.6 cm³/mol. The number of rotatable bonds is 3. The van der Waals surface area contributed by atoms with Gasteiger partial charge in [-0.05, 0) is 61.4 Å². The molecule has 0 aromatic heterocycles. The number of benzene rings is 2. The Balaban J connectivity index is 1.68. The van der Waals surface area contributed by atoms with Crippen molar-refractivity contribution in [3.8, 4) is 0 Å². The van der Waals surface area contributed by atoms with E-state index in [1.807, 2.05) is 44.2 Å². The summed E-state index contributed by atoms with van der Waals surface area (Å²) >= 11 is 5.88. The lowest BCUT2D eigenvalue weighted by Gasteiger charge is -2.17. The Bertz CT molecular complexity index is 786. The van der Waals surface area contributed by atoms with E-state index in [4.69, 9.17) is 11.6 Å². The fourth-order valence-corrected chi connectivity index (χ4v) is 2.95. The van der Waals surface area contributed by atoms with E-state index < -0.39 is 0 Å². The molecule has 1 aliphatic heterocycles. The number of hydrogen-bond donors (Lipinski definition) is 1. The average molecular weight is 343 g/mol. The summed E-state index contributed by atoms with van der Waals surface area (Å²) in [7, 11) is 0. The third kappa shape index (κ3) is 3.44. The van der Waals surface area contributed by atoms with Crippen molar-refractivity contribution in [2.75, 3.05) is 11.4 Å². The zero-order valence-electron chi connectivity index (χ0n) is 13.7. The summed E-state index contributed by atoms with van der Waals surface area (Å²) in [6.07, 6.45) is 0.305. The molecule has 1 unspecified atom stereocenters. The first-order chi connectivity index (χ1) is 11.4. The average Bonchev–Trinajstić information content (AvgIpc) is 2.91. The van der Waals surface area contributed by atoms with Gasteiger partial charge in [-0.3, -0.25) is 9.59 Å². The molecular weight excluding hydrogens is 324 g/mol. The molecule has 0 bridgehead atoms. The maximum absolute atomic E-state index is 12.4. The molecule has 1 fully saturated rings. The van der Waals surface area contributed by atoms with Gasteiger partial charge in [0.05, 0.1) is 6.04 Å². The molecule has 0 aliphatic carbocycles. The van der Waals surface area contributed by atoms with E-state index in [0.29, 0.717) is 23.6 Å². The number of carbonyl (C=O) groups excluding carboxylic acids is 2. The topological polar surface area (TPSA) is 49.4 Å². The van der Waals surface area contributed by atoms with E-state index in [1.54, 1.807) is 17.0 Å². The fraction of sp³-hybridized carbons (Fsp3) is 0.263. The molecular formula is C19H19ClN2O2. The Hall–Kier alpha value is -2.33. The summed E-state index contributed by atoms with van der Waals surface area (Å²) in [5.74, 6) is -0.142. The summed E-state index contributed by atoms with van der Waals surface area (Å²) in [6, 6.07) is 12.6. The van der Waals surface area contributed by atoms with Crippen LogP contribution in [0, 0.1) is 13.8 Å². The van der Waals surface area contributed by atoms with Crippen LogP contribution in [0.5, 0.6) is 0 Å². The van der Waals surface area contributed by atoms with Gasteiger partial charge >= 0.3 is 0 Å². The molecule has 0 saturated carbocycles. The third-order valence-electron chi connectivity index (χ3n) is 4.37. The summed E-state index contributed by atoms with van der Waals surface area (Å²) in [5.41, 5.74) is 3.65. The minimum absolute atomic E-state index is 0.00251. The summed E-state index contributed by atoms with van der Waals surface area (Å²) in [4.78, 5) is 26.3. The van der Waals surface area contributed by atoms with Gasteiger partial charge in [0.25, 0.3) is 5.91 Å². The van der Waals surface area contributed by atoms with Crippen molar-refractivity contribution in [3.63, 3.8) is 0 Å². The van der Waals surface area contributed by atoms with Crippen molar-refractivity contribution < 1.29 is 9.59 Å². The zero-order valence-corrected chi connectivity index (χ0v) is 14.4. The second-order valence-corrected chi connectivity index (χ2v) is 6.59. The minimum atomic E-state index is -0.192. The van der Waals surface area contributed by atoms with Gasteiger partial charge in [-0.15, -0.1) is 0 Å². The van der Waals surface area contributed by atoms with Crippen molar-refractivity contribution in [3.05, 3.63) is 64.2 Å². The number of aryl methyl sites for hydroxylation is 2. The molecule has 1 N–H and O–H groups in total. The van der Waals surface area contributed by atoms with Crippen LogP contribution in [0.3, 0.4) is 0 Å². The Kier molecular flexibility index (Phi) is 4.58. The predicted octanol–water partition coefficient (Wildman–Crippen LogP) is 3.49. The van der Waals surface area contributed by atoms with Crippen molar-refractivity contribution in [2.24, 2.45) is 0 Å². The van der Waals surface area contributed by atoms with Gasteiger partial charge < -0.3 is 10.2 Å². The second kappa shape index (κ2) is 6.65. The van der Waals surface area contributed by atoms with Crippen LogP contribution >= 0.6 is 11.6 Å². The molecule has 1 atom stereocenters. The summed E-state index contributed by atoms with van der Waals surface area (Å²) in [6.45, 7) is 4.46. The van der Waals surface area contributed by atoms with E-state index in [1.165, 1.54) is 0 Å². The van der Waals surface area contributed by atoms with Crippen LogP contribution in [-0.2, 0) is 4.79 Å². The molecule has 24 heavy (non-hydrogen) atoms. The van der Waals surface area contributed by atoms with E-state index in [9.17, 15) is 9.59 Å². The van der Waals surface area contributed by atoms with Crippen molar-refractivity contribution >= 4 is 29.1 Å². The first kappa shape index (κ1) is 16.5. The second-order valence-electron chi connectivity index (χ2n) is 6.15. The molecule has 3 rings (SSSR count). The Labute approximate surface area is 146 Å². The Morgan fingerprint density at radius 2 is 1.83 bits per heavy atom. The molecule has 2 aromatic carbocycles. The number of hydrogen-bond acceptors (Lipinski definition) is 2. The molecule has 5 heteroatoms. The molecule has 2 aromatic rings. The number of anilines is 1. The number of nitrogens with one attached hydrogen (secondary N) is 1. The fourth-order valence-electron chi connectivity index (χ4n) is 2.83. The monoisotopic (exact) mass is 342 g/mol. The first-order valence-electron chi connectivity index (χ1n) is 7.88. The van der Waals surface area contributed by atoms with Crippen molar-refractivity contribution in [1.82, 2.24) is 5.32 Å².